The largest absolute Gasteiger partial charge is 0.507 e. The summed E-state index contributed by atoms with van der Waals surface area (Å²) in [4.78, 5) is 11.1. The van der Waals surface area contributed by atoms with E-state index in [0.29, 0.717) is 10.9 Å². The van der Waals surface area contributed by atoms with Gasteiger partial charge in [0.2, 0.25) is 0 Å². The molecule has 0 saturated heterocycles. The third kappa shape index (κ3) is 3.00. The molecule has 3 nitrogen and oxygen atoms in total. The topological polar surface area (TPSA) is 46.5 Å². The first-order valence-corrected chi connectivity index (χ1v) is 5.27. The van der Waals surface area contributed by atoms with Crippen LogP contribution in [0.15, 0.2) is 18.2 Å². The van der Waals surface area contributed by atoms with E-state index < -0.39 is 5.97 Å². The van der Waals surface area contributed by atoms with E-state index in [0.717, 1.165) is 0 Å². The molecule has 0 unspecified atom stereocenters. The minimum absolute atomic E-state index is 0.122. The lowest BCUT2D eigenvalue weighted by Crippen LogP contribution is -2.01. The highest BCUT2D eigenvalue weighted by Crippen LogP contribution is 2.19. The zero-order valence-electron chi connectivity index (χ0n) is 8.08. The Morgan fingerprint density at radius 1 is 1.60 bits per heavy atom. The van der Waals surface area contributed by atoms with Gasteiger partial charge in [0.05, 0.1) is 12.4 Å². The SMILES string of the molecule is COC(=O)c1ccc(C#CCBr)cc1O. The number of aromatic hydroxyl groups is 1. The van der Waals surface area contributed by atoms with Crippen LogP contribution in [0, 0.1) is 11.8 Å². The maximum absolute atomic E-state index is 11.1. The van der Waals surface area contributed by atoms with Gasteiger partial charge in [0, 0.05) is 5.56 Å². The van der Waals surface area contributed by atoms with Gasteiger partial charge in [-0.15, -0.1) is 0 Å². The third-order valence-electron chi connectivity index (χ3n) is 1.70. The molecule has 1 rings (SSSR count). The third-order valence-corrected chi connectivity index (χ3v) is 1.98. The fraction of sp³-hybridized carbons (Fsp3) is 0.182. The number of esters is 1. The molecule has 0 aromatic heterocycles. The van der Waals surface area contributed by atoms with Crippen molar-refractivity contribution < 1.29 is 14.6 Å². The number of phenols is 1. The van der Waals surface area contributed by atoms with E-state index in [1.54, 1.807) is 6.07 Å². The molecule has 0 heterocycles. The summed E-state index contributed by atoms with van der Waals surface area (Å²) in [5.74, 6) is 4.92. The lowest BCUT2D eigenvalue weighted by molar-refractivity contribution is 0.0597. The average molecular weight is 269 g/mol. The normalized spacial score (nSPS) is 8.93. The first-order valence-electron chi connectivity index (χ1n) is 4.15. The van der Waals surface area contributed by atoms with Gasteiger partial charge in [-0.2, -0.15) is 0 Å². The molecule has 78 valence electrons. The van der Waals surface area contributed by atoms with Gasteiger partial charge in [0.25, 0.3) is 0 Å². The summed E-state index contributed by atoms with van der Waals surface area (Å²) in [6, 6.07) is 4.57. The van der Waals surface area contributed by atoms with Crippen LogP contribution >= 0.6 is 15.9 Å². The van der Waals surface area contributed by atoms with E-state index in [1.807, 2.05) is 0 Å². The van der Waals surface area contributed by atoms with E-state index >= 15 is 0 Å². The van der Waals surface area contributed by atoms with Crippen molar-refractivity contribution in [2.45, 2.75) is 0 Å². The Morgan fingerprint density at radius 3 is 2.87 bits per heavy atom. The van der Waals surface area contributed by atoms with Crippen molar-refractivity contribution in [3.05, 3.63) is 29.3 Å². The molecule has 0 aliphatic heterocycles. The molecule has 15 heavy (non-hydrogen) atoms. The summed E-state index contributed by atoms with van der Waals surface area (Å²) in [6.45, 7) is 0. The number of hydrogen-bond donors (Lipinski definition) is 1. The van der Waals surface area contributed by atoms with Gasteiger partial charge in [-0.1, -0.05) is 27.8 Å². The first kappa shape index (κ1) is 11.6. The van der Waals surface area contributed by atoms with Gasteiger partial charge >= 0.3 is 5.97 Å². The number of ether oxygens (including phenoxy) is 1. The number of carbonyl (C=O) groups excluding carboxylic acids is 1. The van der Waals surface area contributed by atoms with Crippen LogP contribution < -0.4 is 0 Å². The minimum Gasteiger partial charge on any atom is -0.507 e. The second-order valence-electron chi connectivity index (χ2n) is 2.66. The van der Waals surface area contributed by atoms with Crippen LogP contribution in [-0.4, -0.2) is 23.5 Å². The first-order chi connectivity index (χ1) is 7.19. The zero-order chi connectivity index (χ0) is 11.3. The predicted octanol–water partition coefficient (Wildman–Crippen LogP) is 1.93. The van der Waals surface area contributed by atoms with Crippen molar-refractivity contribution in [3.8, 4) is 17.6 Å². The molecule has 0 radical (unpaired) electrons. The number of halogens is 1. The van der Waals surface area contributed by atoms with Gasteiger partial charge in [0.1, 0.15) is 11.3 Å². The zero-order valence-corrected chi connectivity index (χ0v) is 9.67. The highest BCUT2D eigenvalue weighted by atomic mass is 79.9. The van der Waals surface area contributed by atoms with Gasteiger partial charge in [-0.3, -0.25) is 0 Å². The highest BCUT2D eigenvalue weighted by molar-refractivity contribution is 9.09. The average Bonchev–Trinajstić information content (AvgIpc) is 2.25. The highest BCUT2D eigenvalue weighted by Gasteiger charge is 2.10. The molecule has 0 saturated carbocycles. The molecule has 0 bridgehead atoms. The van der Waals surface area contributed by atoms with Gasteiger partial charge in [-0.05, 0) is 18.2 Å². The van der Waals surface area contributed by atoms with E-state index in [-0.39, 0.29) is 11.3 Å². The van der Waals surface area contributed by atoms with Crippen LogP contribution in [0.4, 0.5) is 0 Å². The second kappa shape index (κ2) is 5.42. The number of alkyl halides is 1. The second-order valence-corrected chi connectivity index (χ2v) is 3.22. The van der Waals surface area contributed by atoms with E-state index in [9.17, 15) is 9.90 Å². The maximum atomic E-state index is 11.1. The van der Waals surface area contributed by atoms with Crippen LogP contribution in [0.5, 0.6) is 5.75 Å². The Labute approximate surface area is 96.2 Å². The number of phenolic OH excluding ortho intramolecular Hbond substituents is 1. The van der Waals surface area contributed by atoms with Crippen molar-refractivity contribution in [2.24, 2.45) is 0 Å². The standard InChI is InChI=1S/C11H9BrO3/c1-15-11(14)9-5-4-8(3-2-6-12)7-10(9)13/h4-5,7,13H,6H2,1H3. The monoisotopic (exact) mass is 268 g/mol. The Hall–Kier alpha value is -1.47. The molecule has 4 heteroatoms. The molecule has 0 aliphatic rings. The molecule has 0 amide bonds. The lowest BCUT2D eigenvalue weighted by Gasteiger charge is -2.02. The van der Waals surface area contributed by atoms with E-state index in [4.69, 9.17) is 0 Å². The summed E-state index contributed by atoms with van der Waals surface area (Å²) >= 11 is 3.16. The number of rotatable bonds is 1. The number of hydrogen-bond acceptors (Lipinski definition) is 3. The summed E-state index contributed by atoms with van der Waals surface area (Å²) in [5.41, 5.74) is 0.793. The van der Waals surface area contributed by atoms with Crippen molar-refractivity contribution in [1.82, 2.24) is 0 Å². The van der Waals surface area contributed by atoms with Gasteiger partial charge in [-0.25, -0.2) is 4.79 Å². The summed E-state index contributed by atoms with van der Waals surface area (Å²) in [7, 11) is 1.26. The smallest absolute Gasteiger partial charge is 0.341 e. The maximum Gasteiger partial charge on any atom is 0.341 e. The van der Waals surface area contributed by atoms with Crippen LogP contribution in [0.2, 0.25) is 0 Å². The minimum atomic E-state index is -0.562. The van der Waals surface area contributed by atoms with Crippen LogP contribution in [0.25, 0.3) is 0 Å². The fourth-order valence-electron chi connectivity index (χ4n) is 1.03. The van der Waals surface area contributed by atoms with Crippen molar-refractivity contribution >= 4 is 21.9 Å². The quantitative estimate of drug-likeness (QED) is 0.481. The molecule has 0 spiro atoms. The molecular formula is C11H9BrO3. The molecule has 1 aromatic carbocycles. The summed E-state index contributed by atoms with van der Waals surface area (Å²) in [5, 5.41) is 10.1. The van der Waals surface area contributed by atoms with E-state index in [1.165, 1.54) is 19.2 Å². The van der Waals surface area contributed by atoms with Crippen molar-refractivity contribution in [2.75, 3.05) is 12.4 Å². The van der Waals surface area contributed by atoms with Gasteiger partial charge in [0.15, 0.2) is 0 Å². The van der Waals surface area contributed by atoms with Gasteiger partial charge < -0.3 is 9.84 Å². The molecule has 1 aromatic rings. The predicted molar refractivity (Wildman–Crippen MR) is 60.1 cm³/mol. The van der Waals surface area contributed by atoms with Crippen molar-refractivity contribution in [1.29, 1.82) is 0 Å². The number of methoxy groups -OCH3 is 1. The molecular weight excluding hydrogens is 260 g/mol. The Balaban J connectivity index is 3.03. The Bertz CT molecular complexity index is 429. The summed E-state index contributed by atoms with van der Waals surface area (Å²) in [6.07, 6.45) is 0. The number of benzene rings is 1. The summed E-state index contributed by atoms with van der Waals surface area (Å²) < 4.78 is 4.50. The van der Waals surface area contributed by atoms with Crippen LogP contribution in [0.1, 0.15) is 15.9 Å². The fourth-order valence-corrected chi connectivity index (χ4v) is 1.17. The Kier molecular flexibility index (Phi) is 4.19. The van der Waals surface area contributed by atoms with Crippen LogP contribution in [0.3, 0.4) is 0 Å². The van der Waals surface area contributed by atoms with E-state index in [2.05, 4.69) is 32.5 Å². The van der Waals surface area contributed by atoms with Crippen LogP contribution in [-0.2, 0) is 4.74 Å². The lowest BCUT2D eigenvalue weighted by atomic mass is 10.1. The molecule has 0 atom stereocenters. The molecule has 0 aliphatic carbocycles. The number of carbonyl (C=O) groups is 1. The van der Waals surface area contributed by atoms with Crippen molar-refractivity contribution in [3.63, 3.8) is 0 Å². The molecule has 0 fully saturated rings. The Morgan fingerprint density at radius 2 is 2.33 bits per heavy atom. The molecule has 1 N–H and O–H groups in total.